The van der Waals surface area contributed by atoms with Crippen molar-refractivity contribution in [2.75, 3.05) is 0 Å². The Bertz CT molecular complexity index is 1390. The van der Waals surface area contributed by atoms with Gasteiger partial charge in [0.15, 0.2) is 5.69 Å². The summed E-state index contributed by atoms with van der Waals surface area (Å²) in [5, 5.41) is 10.2. The lowest BCUT2D eigenvalue weighted by Crippen LogP contribution is -2.24. The van der Waals surface area contributed by atoms with Gasteiger partial charge < -0.3 is 5.32 Å². The summed E-state index contributed by atoms with van der Waals surface area (Å²) in [6, 6.07) is 25.3. The topological polar surface area (TPSA) is 59.8 Å². The third kappa shape index (κ3) is 3.88. The average molecular weight is 427 g/mol. The molecule has 0 bridgehead atoms. The minimum atomic E-state index is -0.202. The van der Waals surface area contributed by atoms with Crippen LogP contribution in [0.1, 0.15) is 21.6 Å². The second-order valence-electron chi connectivity index (χ2n) is 7.32. The average Bonchev–Trinajstić information content (AvgIpc) is 3.17. The predicted molar refractivity (Wildman–Crippen MR) is 123 cm³/mol. The number of carbonyl (C=O) groups is 1. The minimum Gasteiger partial charge on any atom is -0.347 e. The van der Waals surface area contributed by atoms with E-state index in [1.54, 1.807) is 6.20 Å². The number of para-hydroxylation sites is 2. The largest absolute Gasteiger partial charge is 0.347 e. The lowest BCUT2D eigenvalue weighted by molar-refractivity contribution is 0.0947. The summed E-state index contributed by atoms with van der Waals surface area (Å²) >= 11 is 6.00. The number of halogens is 1. The van der Waals surface area contributed by atoms with Crippen LogP contribution in [0.4, 0.5) is 0 Å². The fourth-order valence-corrected chi connectivity index (χ4v) is 3.87. The molecular weight excluding hydrogens is 408 g/mol. The second kappa shape index (κ2) is 8.20. The first-order valence-electron chi connectivity index (χ1n) is 10.00. The summed E-state index contributed by atoms with van der Waals surface area (Å²) in [7, 11) is 0. The number of benzene rings is 3. The maximum atomic E-state index is 13.1. The highest BCUT2D eigenvalue weighted by Gasteiger charge is 2.17. The van der Waals surface area contributed by atoms with E-state index in [0.717, 1.165) is 32.9 Å². The molecule has 0 fully saturated rings. The zero-order valence-corrected chi connectivity index (χ0v) is 17.4. The second-order valence-corrected chi connectivity index (χ2v) is 7.76. The molecule has 0 saturated heterocycles. The van der Waals surface area contributed by atoms with Crippen molar-refractivity contribution in [3.8, 4) is 0 Å². The van der Waals surface area contributed by atoms with Gasteiger partial charge in [-0.3, -0.25) is 14.5 Å². The molecular formula is C25H19ClN4O. The van der Waals surface area contributed by atoms with Crippen molar-refractivity contribution in [2.45, 2.75) is 13.1 Å². The monoisotopic (exact) mass is 426 g/mol. The van der Waals surface area contributed by atoms with Crippen LogP contribution in [-0.4, -0.2) is 20.7 Å². The Kier molecular flexibility index (Phi) is 5.10. The van der Waals surface area contributed by atoms with Crippen molar-refractivity contribution >= 4 is 39.3 Å². The van der Waals surface area contributed by atoms with Gasteiger partial charge in [0.25, 0.3) is 5.91 Å². The van der Waals surface area contributed by atoms with Crippen molar-refractivity contribution in [1.29, 1.82) is 0 Å². The van der Waals surface area contributed by atoms with Crippen LogP contribution in [0.3, 0.4) is 0 Å². The molecule has 0 radical (unpaired) electrons. The van der Waals surface area contributed by atoms with E-state index in [2.05, 4.69) is 15.4 Å². The Labute approximate surface area is 184 Å². The Morgan fingerprint density at radius 2 is 1.65 bits per heavy atom. The third-order valence-electron chi connectivity index (χ3n) is 5.30. The predicted octanol–water partition coefficient (Wildman–Crippen LogP) is 5.22. The van der Waals surface area contributed by atoms with Crippen LogP contribution in [0.15, 0.2) is 85.1 Å². The molecule has 0 unspecified atom stereocenters. The van der Waals surface area contributed by atoms with E-state index in [9.17, 15) is 4.79 Å². The van der Waals surface area contributed by atoms with Crippen LogP contribution in [0.25, 0.3) is 21.8 Å². The molecule has 152 valence electrons. The standard InChI is InChI=1S/C25H19ClN4O/c26-19-11-9-17(10-12-19)16-30-23-8-4-2-6-21(23)24(29-30)25(31)28-15-18-13-14-27-22-7-3-1-5-20(18)22/h1-14H,15-16H2,(H,28,31). The fraction of sp³-hybridized carbons (Fsp3) is 0.0800. The lowest BCUT2D eigenvalue weighted by Gasteiger charge is -2.07. The molecule has 5 aromatic rings. The summed E-state index contributed by atoms with van der Waals surface area (Å²) in [6.07, 6.45) is 1.76. The molecule has 0 saturated carbocycles. The van der Waals surface area contributed by atoms with Gasteiger partial charge in [0, 0.05) is 28.5 Å². The zero-order valence-electron chi connectivity index (χ0n) is 16.6. The Morgan fingerprint density at radius 3 is 2.48 bits per heavy atom. The maximum absolute atomic E-state index is 13.1. The van der Waals surface area contributed by atoms with Crippen LogP contribution in [-0.2, 0) is 13.1 Å². The fourth-order valence-electron chi connectivity index (χ4n) is 3.75. The summed E-state index contributed by atoms with van der Waals surface area (Å²) in [6.45, 7) is 0.959. The van der Waals surface area contributed by atoms with Crippen molar-refractivity contribution in [2.24, 2.45) is 0 Å². The molecule has 1 N–H and O–H groups in total. The smallest absolute Gasteiger partial charge is 0.272 e. The maximum Gasteiger partial charge on any atom is 0.272 e. The first-order valence-corrected chi connectivity index (χ1v) is 10.4. The molecule has 5 nitrogen and oxygen atoms in total. The highest BCUT2D eigenvalue weighted by atomic mass is 35.5. The highest BCUT2D eigenvalue weighted by molar-refractivity contribution is 6.30. The molecule has 0 atom stereocenters. The summed E-state index contributed by atoms with van der Waals surface area (Å²) in [5.74, 6) is -0.202. The molecule has 31 heavy (non-hydrogen) atoms. The van der Waals surface area contributed by atoms with Crippen LogP contribution in [0, 0.1) is 0 Å². The quantitative estimate of drug-likeness (QED) is 0.419. The van der Waals surface area contributed by atoms with Gasteiger partial charge in [0.1, 0.15) is 0 Å². The van der Waals surface area contributed by atoms with E-state index in [1.165, 1.54) is 0 Å². The van der Waals surface area contributed by atoms with Gasteiger partial charge >= 0.3 is 0 Å². The van der Waals surface area contributed by atoms with Gasteiger partial charge in [-0.05, 0) is 41.5 Å². The van der Waals surface area contributed by atoms with Crippen molar-refractivity contribution in [1.82, 2.24) is 20.1 Å². The summed E-state index contributed by atoms with van der Waals surface area (Å²) < 4.78 is 1.86. The number of carbonyl (C=O) groups excluding carboxylic acids is 1. The van der Waals surface area contributed by atoms with Gasteiger partial charge in [0.05, 0.1) is 17.6 Å². The molecule has 0 aliphatic heterocycles. The molecule has 0 spiro atoms. The van der Waals surface area contributed by atoms with E-state index >= 15 is 0 Å². The SMILES string of the molecule is O=C(NCc1ccnc2ccccc12)c1nn(Cc2ccc(Cl)cc2)c2ccccc12. The summed E-state index contributed by atoms with van der Waals surface area (Å²) in [5.41, 5.74) is 4.32. The number of aromatic nitrogens is 3. The van der Waals surface area contributed by atoms with E-state index in [4.69, 9.17) is 11.6 Å². The van der Waals surface area contributed by atoms with Gasteiger partial charge in [-0.1, -0.05) is 60.1 Å². The minimum absolute atomic E-state index is 0.202. The highest BCUT2D eigenvalue weighted by Crippen LogP contribution is 2.21. The molecule has 0 aliphatic carbocycles. The first-order chi connectivity index (χ1) is 15.2. The number of hydrogen-bond donors (Lipinski definition) is 1. The van der Waals surface area contributed by atoms with Crippen LogP contribution in [0.5, 0.6) is 0 Å². The first kappa shape index (κ1) is 19.3. The molecule has 2 aromatic heterocycles. The number of amides is 1. The number of pyridine rings is 1. The van der Waals surface area contributed by atoms with Crippen LogP contribution >= 0.6 is 11.6 Å². The molecule has 3 aromatic carbocycles. The van der Waals surface area contributed by atoms with E-state index < -0.39 is 0 Å². The third-order valence-corrected chi connectivity index (χ3v) is 5.55. The number of hydrogen-bond acceptors (Lipinski definition) is 3. The lowest BCUT2D eigenvalue weighted by atomic mass is 10.1. The van der Waals surface area contributed by atoms with Crippen molar-refractivity contribution in [3.63, 3.8) is 0 Å². The summed E-state index contributed by atoms with van der Waals surface area (Å²) in [4.78, 5) is 17.4. The van der Waals surface area contributed by atoms with Crippen LogP contribution < -0.4 is 5.32 Å². The van der Waals surface area contributed by atoms with Gasteiger partial charge in [0.2, 0.25) is 0 Å². The molecule has 2 heterocycles. The molecule has 5 rings (SSSR count). The van der Waals surface area contributed by atoms with Gasteiger partial charge in [-0.15, -0.1) is 0 Å². The molecule has 0 aliphatic rings. The Morgan fingerprint density at radius 1 is 0.903 bits per heavy atom. The van der Waals surface area contributed by atoms with Gasteiger partial charge in [-0.2, -0.15) is 5.10 Å². The molecule has 6 heteroatoms. The van der Waals surface area contributed by atoms with E-state index in [0.29, 0.717) is 23.8 Å². The number of fused-ring (bicyclic) bond motifs is 2. The molecule has 1 amide bonds. The number of rotatable bonds is 5. The number of nitrogens with one attached hydrogen (secondary N) is 1. The van der Waals surface area contributed by atoms with Crippen molar-refractivity contribution < 1.29 is 4.79 Å². The normalized spacial score (nSPS) is 11.1. The Hall–Kier alpha value is -3.70. The van der Waals surface area contributed by atoms with Gasteiger partial charge in [-0.25, -0.2) is 0 Å². The van der Waals surface area contributed by atoms with E-state index in [1.807, 2.05) is 83.5 Å². The number of nitrogens with zero attached hydrogens (tertiary/aromatic N) is 3. The zero-order chi connectivity index (χ0) is 21.2. The Balaban J connectivity index is 1.43. The van der Waals surface area contributed by atoms with E-state index in [-0.39, 0.29) is 5.91 Å². The van der Waals surface area contributed by atoms with Crippen LogP contribution in [0.2, 0.25) is 5.02 Å². The van der Waals surface area contributed by atoms with Crippen molar-refractivity contribution in [3.05, 3.63) is 107 Å².